The summed E-state index contributed by atoms with van der Waals surface area (Å²) in [7, 11) is 0. The molecule has 1 aliphatic rings. The van der Waals surface area contributed by atoms with Crippen molar-refractivity contribution in [1.82, 2.24) is 19.1 Å². The highest BCUT2D eigenvalue weighted by molar-refractivity contribution is 6.06. The third kappa shape index (κ3) is 4.39. The SMILES string of the molecule is CCOc1nc2cccc(C(=O)O)c2n1Cc1ccc(-c2cc(-n3cnc4ccccc43)ccc2C2=NCN=N2)cc1. The number of rotatable bonds is 8. The van der Waals surface area contributed by atoms with Crippen molar-refractivity contribution in [2.75, 3.05) is 13.3 Å². The number of aliphatic imine (C=N–C) groups is 1. The first kappa shape index (κ1) is 25.3. The first-order valence-electron chi connectivity index (χ1n) is 13.5. The van der Waals surface area contributed by atoms with Gasteiger partial charge in [-0.3, -0.25) is 9.13 Å². The van der Waals surface area contributed by atoms with E-state index in [0.717, 1.165) is 39.0 Å². The van der Waals surface area contributed by atoms with Gasteiger partial charge in [-0.05, 0) is 66.1 Å². The van der Waals surface area contributed by atoms with Crippen LogP contribution in [-0.4, -0.2) is 49.3 Å². The number of hydrogen-bond acceptors (Lipinski definition) is 7. The molecule has 0 unspecified atom stereocenters. The third-order valence-electron chi connectivity index (χ3n) is 7.27. The van der Waals surface area contributed by atoms with Crippen LogP contribution in [0.3, 0.4) is 0 Å². The summed E-state index contributed by atoms with van der Waals surface area (Å²) in [5.41, 5.74) is 8.01. The van der Waals surface area contributed by atoms with Crippen molar-refractivity contribution in [2.45, 2.75) is 13.5 Å². The second-order valence-electron chi connectivity index (χ2n) is 9.79. The average molecular weight is 556 g/mol. The van der Waals surface area contributed by atoms with Crippen molar-refractivity contribution in [3.8, 4) is 22.8 Å². The summed E-state index contributed by atoms with van der Waals surface area (Å²) in [4.78, 5) is 25.6. The molecule has 7 rings (SSSR count). The van der Waals surface area contributed by atoms with Crippen molar-refractivity contribution in [1.29, 1.82) is 0 Å². The minimum Gasteiger partial charge on any atom is -0.478 e. The first-order chi connectivity index (χ1) is 20.6. The molecule has 3 heterocycles. The van der Waals surface area contributed by atoms with Gasteiger partial charge in [0.05, 0.1) is 40.8 Å². The van der Waals surface area contributed by atoms with Crippen molar-refractivity contribution in [3.63, 3.8) is 0 Å². The predicted molar refractivity (Wildman–Crippen MR) is 160 cm³/mol. The van der Waals surface area contributed by atoms with Gasteiger partial charge >= 0.3 is 5.97 Å². The lowest BCUT2D eigenvalue weighted by molar-refractivity contribution is 0.0698. The fourth-order valence-corrected chi connectivity index (χ4v) is 5.34. The van der Waals surface area contributed by atoms with Gasteiger partial charge in [0, 0.05) is 11.3 Å². The van der Waals surface area contributed by atoms with Crippen LogP contribution in [-0.2, 0) is 6.54 Å². The predicted octanol–water partition coefficient (Wildman–Crippen LogP) is 6.36. The molecular weight excluding hydrogens is 530 g/mol. The van der Waals surface area contributed by atoms with Crippen LogP contribution in [0.1, 0.15) is 28.4 Å². The highest BCUT2D eigenvalue weighted by Crippen LogP contribution is 2.31. The van der Waals surface area contributed by atoms with Crippen molar-refractivity contribution < 1.29 is 14.6 Å². The van der Waals surface area contributed by atoms with E-state index in [-0.39, 0.29) is 5.56 Å². The van der Waals surface area contributed by atoms with Crippen LogP contribution in [0.25, 0.3) is 38.9 Å². The molecule has 42 heavy (non-hydrogen) atoms. The van der Waals surface area contributed by atoms with Crippen molar-refractivity contribution >= 4 is 33.9 Å². The summed E-state index contributed by atoms with van der Waals surface area (Å²) in [6.07, 6.45) is 1.83. The minimum absolute atomic E-state index is 0.183. The molecule has 2 aromatic heterocycles. The number of amidine groups is 1. The Hall–Kier alpha value is -5.64. The maximum Gasteiger partial charge on any atom is 0.337 e. The zero-order valence-corrected chi connectivity index (χ0v) is 22.7. The maximum atomic E-state index is 12.0. The Morgan fingerprint density at radius 3 is 2.57 bits per heavy atom. The zero-order chi connectivity index (χ0) is 28.6. The number of fused-ring (bicyclic) bond motifs is 2. The Morgan fingerprint density at radius 1 is 0.952 bits per heavy atom. The topological polar surface area (TPSA) is 119 Å². The molecule has 0 spiro atoms. The summed E-state index contributed by atoms with van der Waals surface area (Å²) in [5, 5.41) is 18.1. The van der Waals surface area contributed by atoms with Gasteiger partial charge in [-0.15, -0.1) is 5.11 Å². The number of ether oxygens (including phenoxy) is 1. The lowest BCUT2D eigenvalue weighted by atomic mass is 9.97. The summed E-state index contributed by atoms with van der Waals surface area (Å²) < 4.78 is 9.68. The van der Waals surface area contributed by atoms with Crippen LogP contribution in [0.5, 0.6) is 6.01 Å². The van der Waals surface area contributed by atoms with E-state index in [4.69, 9.17) is 4.74 Å². The van der Waals surface area contributed by atoms with Crippen LogP contribution in [0.2, 0.25) is 0 Å². The molecule has 0 saturated carbocycles. The van der Waals surface area contributed by atoms with E-state index in [0.29, 0.717) is 42.7 Å². The van der Waals surface area contributed by atoms with Crippen LogP contribution in [0, 0.1) is 0 Å². The summed E-state index contributed by atoms with van der Waals surface area (Å²) in [6.45, 7) is 3.01. The Labute approximate surface area is 240 Å². The number of aromatic nitrogens is 4. The quantitative estimate of drug-likeness (QED) is 0.234. The zero-order valence-electron chi connectivity index (χ0n) is 22.7. The number of carbonyl (C=O) groups is 1. The smallest absolute Gasteiger partial charge is 0.337 e. The summed E-state index contributed by atoms with van der Waals surface area (Å²) in [5.74, 6) is -0.409. The molecule has 0 saturated heterocycles. The van der Waals surface area contributed by atoms with E-state index in [9.17, 15) is 9.90 Å². The molecule has 4 aromatic carbocycles. The number of benzene rings is 4. The second-order valence-corrected chi connectivity index (χ2v) is 9.79. The molecule has 10 heteroatoms. The highest BCUT2D eigenvalue weighted by Gasteiger charge is 2.20. The van der Waals surface area contributed by atoms with Crippen LogP contribution >= 0.6 is 0 Å². The summed E-state index contributed by atoms with van der Waals surface area (Å²) in [6, 6.07) is 27.8. The van der Waals surface area contributed by atoms with Crippen LogP contribution in [0.15, 0.2) is 106 Å². The van der Waals surface area contributed by atoms with Gasteiger partial charge in [0.2, 0.25) is 0 Å². The maximum absolute atomic E-state index is 12.0. The number of carboxylic acid groups (broad SMARTS) is 1. The lowest BCUT2D eigenvalue weighted by Gasteiger charge is -2.14. The number of hydrogen-bond donors (Lipinski definition) is 1. The number of azo groups is 1. The molecular formula is C32H25N7O3. The molecule has 10 nitrogen and oxygen atoms in total. The number of carboxylic acids is 1. The van der Waals surface area contributed by atoms with Gasteiger partial charge in [-0.2, -0.15) is 10.1 Å². The van der Waals surface area contributed by atoms with Gasteiger partial charge in [0.25, 0.3) is 6.01 Å². The molecule has 0 fully saturated rings. The number of aromatic carboxylic acids is 1. The molecule has 0 atom stereocenters. The monoisotopic (exact) mass is 555 g/mol. The molecule has 206 valence electrons. The fourth-order valence-electron chi connectivity index (χ4n) is 5.34. The van der Waals surface area contributed by atoms with E-state index >= 15 is 0 Å². The van der Waals surface area contributed by atoms with Crippen LogP contribution < -0.4 is 4.74 Å². The minimum atomic E-state index is -1.01. The summed E-state index contributed by atoms with van der Waals surface area (Å²) >= 11 is 0. The van der Waals surface area contributed by atoms with Crippen molar-refractivity contribution in [2.24, 2.45) is 15.2 Å². The second kappa shape index (κ2) is 10.4. The van der Waals surface area contributed by atoms with E-state index < -0.39 is 5.97 Å². The molecule has 0 amide bonds. The van der Waals surface area contributed by atoms with E-state index in [2.05, 4.69) is 35.8 Å². The molecule has 1 aliphatic heterocycles. The van der Waals surface area contributed by atoms with Gasteiger partial charge in [0.15, 0.2) is 12.5 Å². The number of nitrogens with zero attached hydrogens (tertiary/aromatic N) is 7. The van der Waals surface area contributed by atoms with Gasteiger partial charge in [0.1, 0.15) is 6.33 Å². The largest absolute Gasteiger partial charge is 0.478 e. The Balaban J connectivity index is 1.29. The van der Waals surface area contributed by atoms with E-state index in [1.165, 1.54) is 0 Å². The van der Waals surface area contributed by atoms with E-state index in [1.807, 2.05) is 78.5 Å². The Kier molecular flexibility index (Phi) is 6.27. The molecule has 1 N–H and O–H groups in total. The average Bonchev–Trinajstić information content (AvgIpc) is 3.77. The third-order valence-corrected chi connectivity index (χ3v) is 7.27. The molecule has 0 radical (unpaired) electrons. The Morgan fingerprint density at radius 2 is 1.79 bits per heavy atom. The first-order valence-corrected chi connectivity index (χ1v) is 13.5. The van der Waals surface area contributed by atoms with Crippen molar-refractivity contribution in [3.05, 3.63) is 108 Å². The highest BCUT2D eigenvalue weighted by atomic mass is 16.5. The normalized spacial score (nSPS) is 12.7. The van der Waals surface area contributed by atoms with Crippen LogP contribution in [0.4, 0.5) is 0 Å². The lowest BCUT2D eigenvalue weighted by Crippen LogP contribution is -2.08. The molecule has 0 aliphatic carbocycles. The number of imidazole rings is 2. The standard InChI is InChI=1S/C32H25N7O3/c1-2-42-32-36-27-8-5-6-24(31(40)41)29(27)38(32)17-20-10-12-21(13-11-20)25-16-22(14-15-23(25)30-33-18-35-37-30)39-19-34-26-7-3-4-9-28(26)39/h3-16,19H,2,17-18H2,1H3,(H,40,41). The van der Waals surface area contributed by atoms with Gasteiger partial charge in [-0.1, -0.05) is 42.5 Å². The van der Waals surface area contributed by atoms with Gasteiger partial charge < -0.3 is 9.84 Å². The fraction of sp³-hybridized carbons (Fsp3) is 0.125. The van der Waals surface area contributed by atoms with E-state index in [1.54, 1.807) is 18.2 Å². The molecule has 6 aromatic rings. The molecule has 0 bridgehead atoms. The van der Waals surface area contributed by atoms with Gasteiger partial charge in [-0.25, -0.2) is 14.8 Å². The number of para-hydroxylation sites is 3. The Bertz CT molecular complexity index is 2040.